The summed E-state index contributed by atoms with van der Waals surface area (Å²) in [6.07, 6.45) is 0. The van der Waals surface area contributed by atoms with Gasteiger partial charge in [0.15, 0.2) is 0 Å². The molecule has 3 rings (SSSR count). The molecule has 3 aromatic rings. The van der Waals surface area contributed by atoms with Crippen LogP contribution < -0.4 is 15.6 Å². The van der Waals surface area contributed by atoms with E-state index in [-0.39, 0.29) is 0 Å². The maximum absolute atomic E-state index is 9.75. The SMILES string of the molecule is COc1ccc([Te+](c2ccccc2)c2ccccc2)cc1.F[B-](F)(F)F. The fourth-order valence-electron chi connectivity index (χ4n) is 2.23. The van der Waals surface area contributed by atoms with Gasteiger partial charge in [-0.25, -0.2) is 0 Å². The Morgan fingerprint density at radius 2 is 0.962 bits per heavy atom. The van der Waals surface area contributed by atoms with Crippen molar-refractivity contribution < 1.29 is 22.0 Å². The molecule has 0 saturated carbocycles. The third kappa shape index (κ3) is 6.74. The van der Waals surface area contributed by atoms with Crippen molar-refractivity contribution in [2.24, 2.45) is 0 Å². The smallest absolute Gasteiger partial charge is 0.418 e. The van der Waals surface area contributed by atoms with Crippen molar-refractivity contribution >= 4 is 37.6 Å². The quantitative estimate of drug-likeness (QED) is 0.415. The van der Waals surface area contributed by atoms with Crippen molar-refractivity contribution in [2.75, 3.05) is 7.11 Å². The van der Waals surface area contributed by atoms with Crippen molar-refractivity contribution in [1.29, 1.82) is 0 Å². The number of hydrogen-bond acceptors (Lipinski definition) is 1. The fourth-order valence-corrected chi connectivity index (χ4v) is 8.18. The maximum atomic E-state index is 9.75. The van der Waals surface area contributed by atoms with Gasteiger partial charge < -0.3 is 17.3 Å². The molecule has 0 fully saturated rings. The number of methoxy groups -OCH3 is 1. The van der Waals surface area contributed by atoms with E-state index < -0.39 is 26.8 Å². The summed E-state index contributed by atoms with van der Waals surface area (Å²) in [6.45, 7) is 0. The van der Waals surface area contributed by atoms with Gasteiger partial charge in [-0.1, -0.05) is 0 Å². The number of hydrogen-bond donors (Lipinski definition) is 0. The van der Waals surface area contributed by atoms with E-state index in [4.69, 9.17) is 4.74 Å². The normalized spacial score (nSPS) is 10.8. The Morgan fingerprint density at radius 3 is 1.31 bits per heavy atom. The summed E-state index contributed by atoms with van der Waals surface area (Å²) in [6, 6.07) is 30.3. The third-order valence-electron chi connectivity index (χ3n) is 3.25. The Hall–Kier alpha value is -1.97. The van der Waals surface area contributed by atoms with Gasteiger partial charge in [0.2, 0.25) is 0 Å². The number of benzene rings is 3. The van der Waals surface area contributed by atoms with Gasteiger partial charge in [-0.3, -0.25) is 0 Å². The second kappa shape index (κ2) is 9.65. The molecule has 0 aromatic heterocycles. The molecule has 0 heterocycles. The van der Waals surface area contributed by atoms with Crippen molar-refractivity contribution in [3.05, 3.63) is 84.9 Å². The second-order valence-corrected chi connectivity index (χ2v) is 10.9. The van der Waals surface area contributed by atoms with Crippen LogP contribution in [0, 0.1) is 0 Å². The zero-order chi connectivity index (χ0) is 19.0. The van der Waals surface area contributed by atoms with Crippen LogP contribution >= 0.6 is 0 Å². The Labute approximate surface area is 157 Å². The third-order valence-corrected chi connectivity index (χ3v) is 9.62. The van der Waals surface area contributed by atoms with Crippen LogP contribution in [0.3, 0.4) is 0 Å². The van der Waals surface area contributed by atoms with Gasteiger partial charge in [-0.2, -0.15) is 0 Å². The Morgan fingerprint density at radius 1 is 0.615 bits per heavy atom. The van der Waals surface area contributed by atoms with Gasteiger partial charge in [-0.05, 0) is 0 Å². The van der Waals surface area contributed by atoms with E-state index in [9.17, 15) is 17.3 Å². The van der Waals surface area contributed by atoms with Crippen LogP contribution in [0.1, 0.15) is 0 Å². The zero-order valence-electron chi connectivity index (χ0n) is 14.0. The van der Waals surface area contributed by atoms with Crippen molar-refractivity contribution in [2.45, 2.75) is 0 Å². The van der Waals surface area contributed by atoms with E-state index in [1.807, 2.05) is 0 Å². The van der Waals surface area contributed by atoms with E-state index in [2.05, 4.69) is 84.9 Å². The van der Waals surface area contributed by atoms with Crippen LogP contribution in [0.2, 0.25) is 0 Å². The van der Waals surface area contributed by atoms with E-state index in [1.165, 1.54) is 10.8 Å². The minimum absolute atomic E-state index is 0.915. The van der Waals surface area contributed by atoms with Gasteiger partial charge >= 0.3 is 140 Å². The molecule has 0 spiro atoms. The molecule has 0 saturated heterocycles. The number of halogens is 4. The minimum atomic E-state index is -6.00. The van der Waals surface area contributed by atoms with E-state index >= 15 is 0 Å². The molecule has 0 atom stereocenters. The summed E-state index contributed by atoms with van der Waals surface area (Å²) in [4.78, 5) is 0. The molecule has 0 bridgehead atoms. The molecular weight excluding hydrogens is 459 g/mol. The fraction of sp³-hybridized carbons (Fsp3) is 0.0526. The topological polar surface area (TPSA) is 9.23 Å². The van der Waals surface area contributed by atoms with Crippen LogP contribution in [0.4, 0.5) is 17.3 Å². The second-order valence-electron chi connectivity index (χ2n) is 5.10. The summed E-state index contributed by atoms with van der Waals surface area (Å²) in [5, 5.41) is 0. The van der Waals surface area contributed by atoms with Gasteiger partial charge in [0.05, 0.1) is 0 Å². The predicted molar refractivity (Wildman–Crippen MR) is 101 cm³/mol. The summed E-state index contributed by atoms with van der Waals surface area (Å²) < 4.78 is 48.7. The summed E-state index contributed by atoms with van der Waals surface area (Å²) in [5.74, 6) is 0.915. The van der Waals surface area contributed by atoms with Crippen LogP contribution in [-0.2, 0) is 0 Å². The van der Waals surface area contributed by atoms with Gasteiger partial charge in [0.25, 0.3) is 0 Å². The predicted octanol–water partition coefficient (Wildman–Crippen LogP) is 3.51. The Kier molecular flexibility index (Phi) is 7.56. The number of ether oxygens (including phenoxy) is 1. The maximum Gasteiger partial charge on any atom is 0.673 e. The summed E-state index contributed by atoms with van der Waals surface area (Å²) in [7, 11) is -4.29. The van der Waals surface area contributed by atoms with Crippen molar-refractivity contribution in [1.82, 2.24) is 0 Å². The average Bonchev–Trinajstić information content (AvgIpc) is 2.63. The van der Waals surface area contributed by atoms with Crippen LogP contribution in [0.5, 0.6) is 5.75 Å². The monoisotopic (exact) mass is 478 g/mol. The number of rotatable bonds is 4. The minimum Gasteiger partial charge on any atom is -0.418 e. The van der Waals surface area contributed by atoms with Gasteiger partial charge in [-0.15, -0.1) is 0 Å². The molecule has 0 aliphatic heterocycles. The summed E-state index contributed by atoms with van der Waals surface area (Å²) in [5.41, 5.74) is 0. The van der Waals surface area contributed by atoms with E-state index in [0.29, 0.717) is 0 Å². The van der Waals surface area contributed by atoms with Crippen molar-refractivity contribution in [3.63, 3.8) is 0 Å². The molecule has 0 unspecified atom stereocenters. The molecule has 0 radical (unpaired) electrons. The van der Waals surface area contributed by atoms with Crippen molar-refractivity contribution in [3.8, 4) is 5.75 Å². The summed E-state index contributed by atoms with van der Waals surface area (Å²) >= 11 is -1.76. The average molecular weight is 476 g/mol. The first-order chi connectivity index (χ1) is 12.4. The van der Waals surface area contributed by atoms with Gasteiger partial charge in [0, 0.05) is 0 Å². The molecule has 0 aliphatic carbocycles. The molecule has 7 heteroatoms. The first kappa shape index (κ1) is 20.3. The van der Waals surface area contributed by atoms with E-state index in [0.717, 1.165) is 5.75 Å². The van der Waals surface area contributed by atoms with Crippen LogP contribution in [0.15, 0.2) is 84.9 Å². The molecule has 26 heavy (non-hydrogen) atoms. The van der Waals surface area contributed by atoms with Crippen LogP contribution in [0.25, 0.3) is 0 Å². The van der Waals surface area contributed by atoms with E-state index in [1.54, 1.807) is 7.11 Å². The molecular formula is C19H17BF4OTe. The standard InChI is InChI=1S/C19H17OTe.BF4/c1-20-16-12-14-19(15-13-16)21(17-8-4-2-5-9-17)18-10-6-3-7-11-18;2-1(3,4)5/h2-15H,1H3;/q+1;-1. The largest absolute Gasteiger partial charge is 0.673 e. The molecule has 3 aromatic carbocycles. The molecule has 0 N–H and O–H groups in total. The van der Waals surface area contributed by atoms with Crippen LogP contribution in [-0.4, -0.2) is 33.9 Å². The Balaban J connectivity index is 0.000000431. The molecule has 0 aliphatic rings. The molecule has 0 amide bonds. The molecule has 1 nitrogen and oxygen atoms in total. The molecule has 136 valence electrons. The Bertz CT molecular complexity index is 735. The van der Waals surface area contributed by atoms with Gasteiger partial charge in [0.1, 0.15) is 0 Å². The first-order valence-electron chi connectivity index (χ1n) is 7.74. The zero-order valence-corrected chi connectivity index (χ0v) is 16.3. The first-order valence-corrected chi connectivity index (χ1v) is 11.2.